The molecule has 3 rings (SSSR count). The molecule has 17 heavy (non-hydrogen) atoms. The van der Waals surface area contributed by atoms with E-state index < -0.39 is 0 Å². The molecule has 1 aromatic carbocycles. The molecular formula is C15H19NO. The van der Waals surface area contributed by atoms with Crippen molar-refractivity contribution in [3.63, 3.8) is 0 Å². The van der Waals surface area contributed by atoms with Crippen LogP contribution in [0.1, 0.15) is 43.7 Å². The zero-order valence-corrected chi connectivity index (χ0v) is 10.1. The van der Waals surface area contributed by atoms with Crippen molar-refractivity contribution in [1.29, 1.82) is 0 Å². The molecule has 1 aromatic rings. The SMILES string of the molecule is O=C(N[C@H](c1ccccc1)C1CC1)C1CCC1. The van der Waals surface area contributed by atoms with Crippen LogP contribution in [0, 0.1) is 11.8 Å². The minimum absolute atomic E-state index is 0.254. The van der Waals surface area contributed by atoms with Crippen molar-refractivity contribution < 1.29 is 4.79 Å². The van der Waals surface area contributed by atoms with Crippen LogP contribution in [-0.4, -0.2) is 5.91 Å². The summed E-state index contributed by atoms with van der Waals surface area (Å²) in [4.78, 5) is 12.0. The van der Waals surface area contributed by atoms with E-state index in [0.717, 1.165) is 12.8 Å². The highest BCUT2D eigenvalue weighted by atomic mass is 16.2. The van der Waals surface area contributed by atoms with E-state index in [9.17, 15) is 4.79 Å². The van der Waals surface area contributed by atoms with Crippen LogP contribution in [-0.2, 0) is 4.79 Å². The van der Waals surface area contributed by atoms with E-state index in [1.54, 1.807) is 0 Å². The first-order valence-corrected chi connectivity index (χ1v) is 6.70. The Balaban J connectivity index is 1.70. The summed E-state index contributed by atoms with van der Waals surface area (Å²) in [6.07, 6.45) is 5.89. The highest BCUT2D eigenvalue weighted by molar-refractivity contribution is 5.79. The summed E-state index contributed by atoms with van der Waals surface area (Å²) < 4.78 is 0. The minimum Gasteiger partial charge on any atom is -0.349 e. The summed E-state index contributed by atoms with van der Waals surface area (Å²) in [5, 5.41) is 3.26. The van der Waals surface area contributed by atoms with Crippen LogP contribution < -0.4 is 5.32 Å². The quantitative estimate of drug-likeness (QED) is 0.844. The van der Waals surface area contributed by atoms with Crippen LogP contribution >= 0.6 is 0 Å². The molecule has 2 saturated carbocycles. The molecule has 0 spiro atoms. The number of hydrogen-bond acceptors (Lipinski definition) is 1. The fourth-order valence-corrected chi connectivity index (χ4v) is 2.50. The van der Waals surface area contributed by atoms with E-state index in [-0.39, 0.29) is 11.9 Å². The summed E-state index contributed by atoms with van der Waals surface area (Å²) >= 11 is 0. The Labute approximate surface area is 102 Å². The van der Waals surface area contributed by atoms with E-state index in [2.05, 4.69) is 29.6 Å². The summed E-state index contributed by atoms with van der Waals surface area (Å²) in [5.74, 6) is 1.23. The van der Waals surface area contributed by atoms with Crippen LogP contribution in [0.3, 0.4) is 0 Å². The summed E-state index contributed by atoms with van der Waals surface area (Å²) in [7, 11) is 0. The second-order valence-electron chi connectivity index (χ2n) is 5.36. The molecule has 0 unspecified atom stereocenters. The topological polar surface area (TPSA) is 29.1 Å². The van der Waals surface area contributed by atoms with Crippen molar-refractivity contribution in [3.8, 4) is 0 Å². The lowest BCUT2D eigenvalue weighted by atomic mass is 9.84. The smallest absolute Gasteiger partial charge is 0.223 e. The number of nitrogens with one attached hydrogen (secondary N) is 1. The lowest BCUT2D eigenvalue weighted by Gasteiger charge is -2.27. The van der Waals surface area contributed by atoms with Gasteiger partial charge >= 0.3 is 0 Å². The molecule has 2 aliphatic carbocycles. The van der Waals surface area contributed by atoms with Gasteiger partial charge in [0.2, 0.25) is 5.91 Å². The van der Waals surface area contributed by atoms with Crippen LogP contribution in [0.2, 0.25) is 0 Å². The number of benzene rings is 1. The Morgan fingerprint density at radius 2 is 1.82 bits per heavy atom. The van der Waals surface area contributed by atoms with Gasteiger partial charge in [-0.25, -0.2) is 0 Å². The lowest BCUT2D eigenvalue weighted by Crippen LogP contribution is -2.37. The molecule has 0 aromatic heterocycles. The molecule has 1 N–H and O–H groups in total. The predicted molar refractivity (Wildman–Crippen MR) is 67.4 cm³/mol. The van der Waals surface area contributed by atoms with E-state index in [1.165, 1.54) is 24.8 Å². The van der Waals surface area contributed by atoms with Gasteiger partial charge in [0.25, 0.3) is 0 Å². The van der Waals surface area contributed by atoms with E-state index >= 15 is 0 Å². The van der Waals surface area contributed by atoms with Gasteiger partial charge in [0, 0.05) is 5.92 Å². The van der Waals surface area contributed by atoms with Gasteiger partial charge in [0.1, 0.15) is 0 Å². The van der Waals surface area contributed by atoms with E-state index in [1.807, 2.05) is 6.07 Å². The Hall–Kier alpha value is -1.31. The number of rotatable bonds is 4. The minimum atomic E-state index is 0.254. The average Bonchev–Trinajstić information content (AvgIpc) is 3.08. The Morgan fingerprint density at radius 1 is 1.12 bits per heavy atom. The van der Waals surface area contributed by atoms with Gasteiger partial charge in [-0.1, -0.05) is 36.8 Å². The van der Waals surface area contributed by atoms with Crippen molar-refractivity contribution in [3.05, 3.63) is 35.9 Å². The normalized spacial score (nSPS) is 21.6. The molecule has 2 heteroatoms. The van der Waals surface area contributed by atoms with Crippen molar-refractivity contribution >= 4 is 5.91 Å². The zero-order chi connectivity index (χ0) is 11.7. The van der Waals surface area contributed by atoms with Crippen molar-refractivity contribution in [2.75, 3.05) is 0 Å². The molecule has 2 nitrogen and oxygen atoms in total. The average molecular weight is 229 g/mol. The van der Waals surface area contributed by atoms with Gasteiger partial charge in [0.15, 0.2) is 0 Å². The Morgan fingerprint density at radius 3 is 2.35 bits per heavy atom. The molecule has 0 aliphatic heterocycles. The summed E-state index contributed by atoms with van der Waals surface area (Å²) in [6.45, 7) is 0. The zero-order valence-electron chi connectivity index (χ0n) is 10.1. The first-order valence-electron chi connectivity index (χ1n) is 6.70. The van der Waals surface area contributed by atoms with Crippen molar-refractivity contribution in [2.24, 2.45) is 11.8 Å². The maximum Gasteiger partial charge on any atom is 0.223 e. The first kappa shape index (κ1) is 10.8. The van der Waals surface area contributed by atoms with E-state index in [0.29, 0.717) is 11.8 Å². The van der Waals surface area contributed by atoms with Gasteiger partial charge in [-0.3, -0.25) is 4.79 Å². The lowest BCUT2D eigenvalue weighted by molar-refractivity contribution is -0.128. The standard InChI is InChI=1S/C15H19NO/c17-15(13-7-4-8-13)16-14(12-9-10-12)11-5-2-1-3-6-11/h1-3,5-6,12-14H,4,7-10H2,(H,16,17)/t14-/m1/s1. The predicted octanol–water partition coefficient (Wildman–Crippen LogP) is 3.05. The largest absolute Gasteiger partial charge is 0.349 e. The third-order valence-electron chi connectivity index (χ3n) is 4.03. The monoisotopic (exact) mass is 229 g/mol. The molecular weight excluding hydrogens is 210 g/mol. The molecule has 90 valence electrons. The van der Waals surface area contributed by atoms with Crippen LogP contribution in [0.5, 0.6) is 0 Å². The van der Waals surface area contributed by atoms with E-state index in [4.69, 9.17) is 0 Å². The molecule has 0 saturated heterocycles. The summed E-state index contributed by atoms with van der Waals surface area (Å²) in [6, 6.07) is 10.7. The Kier molecular flexibility index (Phi) is 2.87. The molecule has 1 amide bonds. The van der Waals surface area contributed by atoms with Crippen LogP contribution in [0.15, 0.2) is 30.3 Å². The molecule has 0 heterocycles. The maximum absolute atomic E-state index is 12.0. The van der Waals surface area contributed by atoms with Gasteiger partial charge in [-0.05, 0) is 37.2 Å². The highest BCUT2D eigenvalue weighted by Crippen LogP contribution is 2.41. The maximum atomic E-state index is 12.0. The number of amides is 1. The third kappa shape index (κ3) is 2.36. The number of carbonyl (C=O) groups excluding carboxylic acids is 1. The van der Waals surface area contributed by atoms with Crippen molar-refractivity contribution in [2.45, 2.75) is 38.1 Å². The van der Waals surface area contributed by atoms with Gasteiger partial charge in [0.05, 0.1) is 6.04 Å². The second-order valence-corrected chi connectivity index (χ2v) is 5.36. The van der Waals surface area contributed by atoms with Gasteiger partial charge in [-0.2, -0.15) is 0 Å². The van der Waals surface area contributed by atoms with Gasteiger partial charge < -0.3 is 5.32 Å². The first-order chi connectivity index (χ1) is 8.34. The number of hydrogen-bond donors (Lipinski definition) is 1. The molecule has 2 fully saturated rings. The number of carbonyl (C=O) groups is 1. The molecule has 0 bridgehead atoms. The molecule has 1 atom stereocenters. The second kappa shape index (κ2) is 4.52. The van der Waals surface area contributed by atoms with Gasteiger partial charge in [-0.15, -0.1) is 0 Å². The third-order valence-corrected chi connectivity index (χ3v) is 4.03. The highest BCUT2D eigenvalue weighted by Gasteiger charge is 2.35. The fourth-order valence-electron chi connectivity index (χ4n) is 2.50. The van der Waals surface area contributed by atoms with Crippen molar-refractivity contribution in [1.82, 2.24) is 5.32 Å². The summed E-state index contributed by atoms with van der Waals surface area (Å²) in [5.41, 5.74) is 1.27. The molecule has 2 aliphatic rings. The Bertz CT molecular complexity index is 393. The van der Waals surface area contributed by atoms with Crippen LogP contribution in [0.25, 0.3) is 0 Å². The van der Waals surface area contributed by atoms with Crippen LogP contribution in [0.4, 0.5) is 0 Å². The molecule has 0 radical (unpaired) electrons. The fraction of sp³-hybridized carbons (Fsp3) is 0.533.